The molecule has 0 radical (unpaired) electrons. The summed E-state index contributed by atoms with van der Waals surface area (Å²) in [6.07, 6.45) is 4.46. The SMILES string of the molecule is O=C1C2=C3C4c5c(c[nH]c51)CCN4[C@@H]1C(=O)C=C4S[C@@H](C[C@@]43[C@@H]1O)N2. The third-order valence-electron chi connectivity index (χ3n) is 6.98. The zero-order valence-corrected chi connectivity index (χ0v) is 14.0. The molecule has 5 heterocycles. The average molecular weight is 353 g/mol. The highest BCUT2D eigenvalue weighted by Crippen LogP contribution is 2.68. The van der Waals surface area contributed by atoms with E-state index in [2.05, 4.69) is 15.2 Å². The molecule has 7 rings (SSSR count). The predicted octanol–water partition coefficient (Wildman–Crippen LogP) is 0.627. The first-order chi connectivity index (χ1) is 12.1. The minimum Gasteiger partial charge on any atom is -0.390 e. The number of piperidine rings is 1. The first-order valence-corrected chi connectivity index (χ1v) is 9.62. The van der Waals surface area contributed by atoms with Crippen molar-refractivity contribution < 1.29 is 14.7 Å². The number of fused-ring (bicyclic) bond motifs is 3. The molecule has 4 aliphatic heterocycles. The Hall–Kier alpha value is -1.83. The number of Topliss-reactive ketones (excluding diaryl/α,β-unsaturated/α-hetero) is 1. The Labute approximate surface area is 147 Å². The summed E-state index contributed by atoms with van der Waals surface area (Å²) in [7, 11) is 0. The standard InChI is InChI=1S/C18H15N3O3S/c22-7-3-8-18-4-9(25-8)20-13-11(18)15-10-6(5-19-12(10)16(13)23)1-2-21(15)14(7)17(18)24/h3,5,9,14-15,17,19-20,24H,1-2,4H2/t9-,14+,15?,17+,18+/m0/s1. The van der Waals surface area contributed by atoms with Crippen LogP contribution in [-0.4, -0.2) is 50.6 Å². The Balaban J connectivity index is 1.65. The summed E-state index contributed by atoms with van der Waals surface area (Å²) < 4.78 is 0. The minimum atomic E-state index is -0.768. The molecule has 126 valence electrons. The number of H-pyrrole nitrogens is 1. The number of allylic oxidation sites excluding steroid dienone is 1. The molecule has 7 heteroatoms. The number of nitrogens with one attached hydrogen (secondary N) is 2. The predicted molar refractivity (Wildman–Crippen MR) is 89.7 cm³/mol. The number of carbonyl (C=O) groups is 2. The third kappa shape index (κ3) is 1.19. The van der Waals surface area contributed by atoms with Crippen molar-refractivity contribution >= 4 is 23.3 Å². The summed E-state index contributed by atoms with van der Waals surface area (Å²) in [6, 6.07) is -0.578. The molecule has 6 aliphatic rings. The summed E-state index contributed by atoms with van der Waals surface area (Å²) in [6.45, 7) is 0.725. The van der Waals surface area contributed by atoms with E-state index >= 15 is 0 Å². The Kier molecular flexibility index (Phi) is 2.03. The van der Waals surface area contributed by atoms with Crippen LogP contribution in [-0.2, 0) is 11.2 Å². The van der Waals surface area contributed by atoms with Crippen LogP contribution < -0.4 is 5.32 Å². The average Bonchev–Trinajstić information content (AvgIpc) is 3.13. The van der Waals surface area contributed by atoms with Gasteiger partial charge in [0.2, 0.25) is 5.78 Å². The zero-order chi connectivity index (χ0) is 16.7. The van der Waals surface area contributed by atoms with Gasteiger partial charge in [-0.25, -0.2) is 0 Å². The smallest absolute Gasteiger partial charge is 0.225 e. The number of aromatic amines is 1. The van der Waals surface area contributed by atoms with E-state index in [1.807, 2.05) is 6.20 Å². The molecule has 0 amide bonds. The lowest BCUT2D eigenvalue weighted by Crippen LogP contribution is -2.67. The molecule has 6 nitrogen and oxygen atoms in total. The van der Waals surface area contributed by atoms with Gasteiger partial charge >= 0.3 is 0 Å². The van der Waals surface area contributed by atoms with Crippen LogP contribution in [0.1, 0.15) is 34.1 Å². The number of aromatic nitrogens is 1. The van der Waals surface area contributed by atoms with Crippen molar-refractivity contribution in [2.24, 2.45) is 5.41 Å². The van der Waals surface area contributed by atoms with E-state index in [0.717, 1.165) is 35.4 Å². The van der Waals surface area contributed by atoms with E-state index in [1.54, 1.807) is 17.8 Å². The van der Waals surface area contributed by atoms with Gasteiger partial charge in [-0.05, 0) is 30.1 Å². The normalized spacial score (nSPS) is 42.5. The number of carbonyl (C=O) groups excluding carboxylic acids is 2. The molecule has 3 N–H and O–H groups in total. The van der Waals surface area contributed by atoms with Crippen LogP contribution in [0.25, 0.3) is 0 Å². The molecule has 1 spiro atoms. The first kappa shape index (κ1) is 13.4. The fourth-order valence-corrected chi connectivity index (χ4v) is 7.62. The summed E-state index contributed by atoms with van der Waals surface area (Å²) in [5.41, 5.74) is 3.97. The molecule has 5 atom stereocenters. The lowest BCUT2D eigenvalue weighted by molar-refractivity contribution is -0.136. The maximum Gasteiger partial charge on any atom is 0.225 e. The van der Waals surface area contributed by atoms with Gasteiger partial charge in [-0.3, -0.25) is 14.5 Å². The maximum absolute atomic E-state index is 13.2. The van der Waals surface area contributed by atoms with Crippen LogP contribution in [0.4, 0.5) is 0 Å². The van der Waals surface area contributed by atoms with Crippen molar-refractivity contribution in [1.82, 2.24) is 15.2 Å². The second-order valence-electron chi connectivity index (χ2n) is 7.84. The molecule has 0 aromatic carbocycles. The van der Waals surface area contributed by atoms with Gasteiger partial charge in [0.15, 0.2) is 5.78 Å². The number of ketones is 2. The molecule has 25 heavy (non-hydrogen) atoms. The van der Waals surface area contributed by atoms with Gasteiger partial charge < -0.3 is 15.4 Å². The molecule has 1 aromatic heterocycles. The number of hydrogen-bond acceptors (Lipinski definition) is 6. The quantitative estimate of drug-likeness (QED) is 0.634. The number of rotatable bonds is 0. The number of aliphatic hydroxyl groups excluding tert-OH is 1. The van der Waals surface area contributed by atoms with Crippen LogP contribution in [0.5, 0.6) is 0 Å². The number of thioether (sulfide) groups is 1. The van der Waals surface area contributed by atoms with E-state index in [0.29, 0.717) is 11.4 Å². The molecular formula is C18H15N3O3S. The van der Waals surface area contributed by atoms with Crippen molar-refractivity contribution in [2.75, 3.05) is 6.54 Å². The Morgan fingerprint density at radius 3 is 3.12 bits per heavy atom. The fourth-order valence-electron chi connectivity index (χ4n) is 6.08. The largest absolute Gasteiger partial charge is 0.390 e. The van der Waals surface area contributed by atoms with E-state index < -0.39 is 17.6 Å². The van der Waals surface area contributed by atoms with Gasteiger partial charge in [-0.2, -0.15) is 0 Å². The Morgan fingerprint density at radius 2 is 2.24 bits per heavy atom. The highest BCUT2D eigenvalue weighted by molar-refractivity contribution is 8.04. The zero-order valence-electron chi connectivity index (χ0n) is 13.2. The van der Waals surface area contributed by atoms with Crippen LogP contribution >= 0.6 is 11.8 Å². The van der Waals surface area contributed by atoms with Gasteiger partial charge in [0.1, 0.15) is 6.04 Å². The molecule has 1 unspecified atom stereocenters. The molecule has 1 aromatic rings. The maximum atomic E-state index is 13.2. The van der Waals surface area contributed by atoms with E-state index in [9.17, 15) is 14.7 Å². The molecule has 2 aliphatic carbocycles. The van der Waals surface area contributed by atoms with Crippen molar-refractivity contribution in [2.45, 2.75) is 36.4 Å². The Bertz CT molecular complexity index is 992. The lowest BCUT2D eigenvalue weighted by Gasteiger charge is -2.59. The minimum absolute atomic E-state index is 0.00262. The van der Waals surface area contributed by atoms with Crippen LogP contribution in [0.2, 0.25) is 0 Å². The topological polar surface area (TPSA) is 85.4 Å². The van der Waals surface area contributed by atoms with E-state index in [4.69, 9.17) is 0 Å². The fraction of sp³-hybridized carbons (Fsp3) is 0.444. The van der Waals surface area contributed by atoms with E-state index in [-0.39, 0.29) is 23.0 Å². The van der Waals surface area contributed by atoms with Crippen molar-refractivity contribution in [3.63, 3.8) is 0 Å². The number of hydrogen-bond donors (Lipinski definition) is 3. The number of nitrogens with zero attached hydrogens (tertiary/aromatic N) is 1. The van der Waals surface area contributed by atoms with Crippen LogP contribution in [0.15, 0.2) is 28.4 Å². The van der Waals surface area contributed by atoms with Gasteiger partial charge in [0.05, 0.1) is 34.3 Å². The second kappa shape index (κ2) is 3.79. The molecule has 2 fully saturated rings. The van der Waals surface area contributed by atoms with Crippen LogP contribution in [0.3, 0.4) is 0 Å². The first-order valence-electron chi connectivity index (χ1n) is 8.74. The summed E-state index contributed by atoms with van der Waals surface area (Å²) in [5, 5.41) is 14.8. The van der Waals surface area contributed by atoms with Crippen molar-refractivity contribution in [3.8, 4) is 0 Å². The summed E-state index contributed by atoms with van der Waals surface area (Å²) in [4.78, 5) is 32.3. The molecule has 2 saturated heterocycles. The van der Waals surface area contributed by atoms with Gasteiger partial charge in [0.25, 0.3) is 0 Å². The van der Waals surface area contributed by atoms with Gasteiger partial charge in [-0.15, -0.1) is 11.8 Å². The van der Waals surface area contributed by atoms with Gasteiger partial charge in [0, 0.05) is 23.2 Å². The second-order valence-corrected chi connectivity index (χ2v) is 9.08. The lowest BCUT2D eigenvalue weighted by atomic mass is 9.56. The number of aliphatic hydroxyl groups is 1. The third-order valence-corrected chi connectivity index (χ3v) is 8.28. The Morgan fingerprint density at radius 1 is 1.36 bits per heavy atom. The summed E-state index contributed by atoms with van der Waals surface area (Å²) >= 11 is 1.61. The molecular weight excluding hydrogens is 338 g/mol. The summed E-state index contributed by atoms with van der Waals surface area (Å²) in [5.74, 6) is 0.00837. The van der Waals surface area contributed by atoms with Crippen molar-refractivity contribution in [3.05, 3.63) is 45.3 Å². The van der Waals surface area contributed by atoms with Gasteiger partial charge in [-0.1, -0.05) is 0 Å². The van der Waals surface area contributed by atoms with E-state index in [1.165, 1.54) is 5.56 Å². The molecule has 3 bridgehead atoms. The molecule has 0 saturated carbocycles. The monoisotopic (exact) mass is 353 g/mol. The highest BCUT2D eigenvalue weighted by Gasteiger charge is 2.68. The van der Waals surface area contributed by atoms with Crippen LogP contribution in [0, 0.1) is 5.41 Å². The highest BCUT2D eigenvalue weighted by atomic mass is 32.2. The van der Waals surface area contributed by atoms with Crippen molar-refractivity contribution in [1.29, 1.82) is 0 Å².